The van der Waals surface area contributed by atoms with Gasteiger partial charge in [0.1, 0.15) is 30.2 Å². The number of fused-ring (bicyclic) bond motifs is 7. The predicted molar refractivity (Wildman–Crippen MR) is 306 cm³/mol. The van der Waals surface area contributed by atoms with Crippen molar-refractivity contribution < 1.29 is 87.9 Å². The van der Waals surface area contributed by atoms with Gasteiger partial charge in [-0.15, -0.1) is 0 Å². The maximum absolute atomic E-state index is 14.2. The molecule has 1 aliphatic heterocycles. The average Bonchev–Trinajstić information content (AvgIpc) is 1.56. The van der Waals surface area contributed by atoms with E-state index in [1.165, 1.54) is 23.5 Å². The Morgan fingerprint density at radius 1 is 0.595 bits per heavy atom. The number of carbonyl (C=O) groups excluding carboxylic acids is 9. The smallest absolute Gasteiger partial charge is 0.304 e. The van der Waals surface area contributed by atoms with Gasteiger partial charge in [-0.3, -0.25) is 62.3 Å². The first-order valence-corrected chi connectivity index (χ1v) is 28.7. The second-order valence-electron chi connectivity index (χ2n) is 19.8. The molecular formula is C56H66N8O18S2. The van der Waals surface area contributed by atoms with Crippen LogP contribution in [-0.4, -0.2) is 163 Å². The summed E-state index contributed by atoms with van der Waals surface area (Å²) >= 11 is 2.45. The normalized spacial score (nSPS) is 21.8. The minimum atomic E-state index is -1.94. The maximum atomic E-state index is 14.2. The van der Waals surface area contributed by atoms with Crippen LogP contribution in [0.15, 0.2) is 72.8 Å². The molecule has 0 fully saturated rings. The number of ketones is 1. The van der Waals surface area contributed by atoms with Gasteiger partial charge in [0, 0.05) is 55.6 Å². The van der Waals surface area contributed by atoms with Crippen molar-refractivity contribution in [2.75, 3.05) is 18.1 Å². The molecule has 8 amide bonds. The van der Waals surface area contributed by atoms with E-state index in [2.05, 4.69) is 37.2 Å². The van der Waals surface area contributed by atoms with Gasteiger partial charge in [0.25, 0.3) is 0 Å². The Hall–Kier alpha value is -8.63. The van der Waals surface area contributed by atoms with Crippen LogP contribution >= 0.6 is 23.5 Å². The van der Waals surface area contributed by atoms with Gasteiger partial charge in [0.05, 0.1) is 31.0 Å². The van der Waals surface area contributed by atoms with Gasteiger partial charge in [-0.25, -0.2) is 0 Å². The molecule has 28 heteroatoms. The summed E-state index contributed by atoms with van der Waals surface area (Å²) in [6.07, 6.45) is -7.73. The van der Waals surface area contributed by atoms with Crippen molar-refractivity contribution in [1.82, 2.24) is 37.2 Å². The Morgan fingerprint density at radius 2 is 1.06 bits per heavy atom. The summed E-state index contributed by atoms with van der Waals surface area (Å²) in [6, 6.07) is 12.8. The molecule has 0 saturated carbocycles. The van der Waals surface area contributed by atoms with Gasteiger partial charge < -0.3 is 68.5 Å². The summed E-state index contributed by atoms with van der Waals surface area (Å²) in [7, 11) is 0. The summed E-state index contributed by atoms with van der Waals surface area (Å²) in [4.78, 5) is 170. The number of rotatable bonds is 14. The number of carboxylic acid groups (broad SMARTS) is 4. The Morgan fingerprint density at radius 3 is 1.54 bits per heavy atom. The summed E-state index contributed by atoms with van der Waals surface area (Å²) < 4.78 is 0. The van der Waals surface area contributed by atoms with Gasteiger partial charge in [0.15, 0.2) is 5.78 Å². The quantitative estimate of drug-likeness (QED) is 0.0826. The van der Waals surface area contributed by atoms with E-state index in [1.54, 1.807) is 0 Å². The summed E-state index contributed by atoms with van der Waals surface area (Å²) in [5, 5.41) is 68.7. The second-order valence-corrected chi connectivity index (χ2v) is 21.9. The summed E-state index contributed by atoms with van der Waals surface area (Å²) in [6.45, 7) is 1.23. The highest BCUT2D eigenvalue weighted by molar-refractivity contribution is 7.98. The number of hydrogen-bond donors (Lipinski definition) is 13. The zero-order valence-electron chi connectivity index (χ0n) is 45.7. The SMILES string of the molecule is CC(=O)N[C@H]1CSCc2ccc3ccccc3c2-c2c(ccc3ccccc23)CSC[C@@H](C(N)=O)NC(=O)[C@H](CCC(=O)O)NC(=O)CNC(=O)C([C@@H](C)O)NC(=O)[C@H](CCC(=O)O)NC(=O)[C@H](CCC(=O)O)NC(=O)[C@H](CC(=O)O)CC1=O. The summed E-state index contributed by atoms with van der Waals surface area (Å²) in [5.41, 5.74) is 8.95. The zero-order chi connectivity index (χ0) is 61.8. The Kier molecular flexibility index (Phi) is 25.0. The molecule has 84 heavy (non-hydrogen) atoms. The maximum Gasteiger partial charge on any atom is 0.304 e. The molecule has 1 heterocycles. The molecule has 1 aliphatic rings. The van der Waals surface area contributed by atoms with E-state index in [1.807, 2.05) is 72.8 Å². The van der Waals surface area contributed by atoms with Crippen LogP contribution in [0.2, 0.25) is 0 Å². The van der Waals surface area contributed by atoms with E-state index in [0.29, 0.717) is 0 Å². The van der Waals surface area contributed by atoms with E-state index < -0.39 is 183 Å². The van der Waals surface area contributed by atoms with Gasteiger partial charge in [-0.1, -0.05) is 72.8 Å². The fraction of sp³-hybridized carbons (Fsp3) is 0.411. The van der Waals surface area contributed by atoms with Crippen molar-refractivity contribution in [3.05, 3.63) is 83.9 Å². The van der Waals surface area contributed by atoms with Crippen molar-refractivity contribution in [2.45, 2.75) is 119 Å². The van der Waals surface area contributed by atoms with Crippen molar-refractivity contribution >= 4 is 122 Å². The first-order chi connectivity index (χ1) is 39.8. The number of benzene rings is 4. The van der Waals surface area contributed by atoms with E-state index in [4.69, 9.17) is 5.73 Å². The van der Waals surface area contributed by atoms with Gasteiger partial charge in [-0.05, 0) is 70.0 Å². The number of aliphatic hydroxyl groups excluding tert-OH is 1. The van der Waals surface area contributed by atoms with Crippen LogP contribution in [0.5, 0.6) is 0 Å². The molecule has 0 bridgehead atoms. The topological polar surface area (TPSA) is 433 Å². The third kappa shape index (κ3) is 19.8. The van der Waals surface area contributed by atoms with Crippen LogP contribution in [0.25, 0.3) is 32.7 Å². The van der Waals surface area contributed by atoms with E-state index in [0.717, 1.165) is 57.6 Å². The number of primary amides is 1. The number of amides is 8. The van der Waals surface area contributed by atoms with Crippen molar-refractivity contribution in [3.63, 3.8) is 0 Å². The molecule has 4 aromatic rings. The lowest BCUT2D eigenvalue weighted by molar-refractivity contribution is -0.143. The largest absolute Gasteiger partial charge is 0.481 e. The molecule has 0 radical (unpaired) electrons. The predicted octanol–water partition coefficient (Wildman–Crippen LogP) is 0.696. The first kappa shape index (κ1) is 66.2. The van der Waals surface area contributed by atoms with Gasteiger partial charge in [0.2, 0.25) is 47.3 Å². The molecule has 8 atom stereocenters. The molecule has 0 aliphatic carbocycles. The van der Waals surface area contributed by atoms with Crippen LogP contribution in [0.4, 0.5) is 0 Å². The van der Waals surface area contributed by atoms with Crippen LogP contribution in [-0.2, 0) is 73.8 Å². The Balaban J connectivity index is 1.60. The van der Waals surface area contributed by atoms with Crippen molar-refractivity contribution in [2.24, 2.45) is 11.7 Å². The lowest BCUT2D eigenvalue weighted by atomic mass is 9.88. The molecule has 0 spiro atoms. The lowest BCUT2D eigenvalue weighted by Crippen LogP contribution is -2.60. The molecule has 26 nitrogen and oxygen atoms in total. The van der Waals surface area contributed by atoms with E-state index in [-0.39, 0.29) is 23.0 Å². The number of hydrogen-bond acceptors (Lipinski definition) is 16. The molecule has 5 rings (SSSR count). The highest BCUT2D eigenvalue weighted by Gasteiger charge is 2.36. The summed E-state index contributed by atoms with van der Waals surface area (Å²) in [5.74, 6) is -16.9. The number of aliphatic carboxylic acids is 4. The highest BCUT2D eigenvalue weighted by Crippen LogP contribution is 2.41. The number of nitrogens with one attached hydrogen (secondary N) is 7. The molecule has 14 N–H and O–H groups in total. The van der Waals surface area contributed by atoms with Crippen LogP contribution in [0.1, 0.15) is 76.3 Å². The average molecular weight is 1200 g/mol. The molecular weight excluding hydrogens is 1140 g/mol. The number of aliphatic hydroxyl groups is 1. The molecule has 4 aromatic carbocycles. The lowest BCUT2D eigenvalue weighted by Gasteiger charge is -2.27. The number of Topliss-reactive ketones (excluding diaryl/α,β-unsaturated/α-hetero) is 1. The van der Waals surface area contributed by atoms with Crippen LogP contribution in [0.3, 0.4) is 0 Å². The Bertz CT molecular complexity index is 3180. The van der Waals surface area contributed by atoms with Gasteiger partial charge in [-0.2, -0.15) is 23.5 Å². The van der Waals surface area contributed by atoms with Crippen LogP contribution < -0.4 is 43.0 Å². The molecule has 1 unspecified atom stereocenters. The minimum Gasteiger partial charge on any atom is -0.481 e. The fourth-order valence-electron chi connectivity index (χ4n) is 9.17. The zero-order valence-corrected chi connectivity index (χ0v) is 47.3. The molecule has 0 aromatic heterocycles. The number of thioether (sulfide) groups is 2. The highest BCUT2D eigenvalue weighted by atomic mass is 32.2. The number of carboxylic acids is 4. The molecule has 450 valence electrons. The van der Waals surface area contributed by atoms with Gasteiger partial charge >= 0.3 is 23.9 Å². The third-order valence-corrected chi connectivity index (χ3v) is 15.5. The fourth-order valence-corrected chi connectivity index (χ4v) is 11.3. The van der Waals surface area contributed by atoms with E-state index in [9.17, 15) is 87.9 Å². The number of carbonyl (C=O) groups is 13. The van der Waals surface area contributed by atoms with E-state index >= 15 is 0 Å². The van der Waals surface area contributed by atoms with Crippen LogP contribution in [0, 0.1) is 5.92 Å². The number of nitrogens with two attached hydrogens (primary N) is 1. The molecule has 0 saturated heterocycles. The van der Waals surface area contributed by atoms with Crippen molar-refractivity contribution in [1.29, 1.82) is 0 Å². The third-order valence-electron chi connectivity index (χ3n) is 13.4. The minimum absolute atomic E-state index is 0.105. The standard InChI is InChI=1S/C56H66N8O18S2/c1-28(65)50-56(82)58-23-43(68)60-37(15-18-44(69)70)53(79)63-41(51(57)77)27-84-25-33-14-12-31-8-4-6-10-36(31)49(33)48-32(13-11-30-7-3-5-9-35(30)48)24-83-26-40(59-29(2)66)42(67)21-34(22-47(75)76)52(78)61-38(16-19-45(71)72)54(80)62-39(55(81)64-50)17-20-46(73)74/h3-14,28,34,37-41,50,65H,15-27H2,1-2H3,(H2,57,77)(H,58,82)(H,59,66)(H,60,68)(H,61,78)(H,62,80)(H,63,79)(H,64,81)(H,69,70)(H,71,72)(H,73,74)(H,75,76)/t28-,34+,37+,38+,39+,40+,41+,50?/m1/s1. The Labute approximate surface area is 488 Å². The van der Waals surface area contributed by atoms with Crippen molar-refractivity contribution in [3.8, 4) is 11.1 Å². The first-order valence-electron chi connectivity index (χ1n) is 26.4. The monoisotopic (exact) mass is 1200 g/mol. The second kappa shape index (κ2) is 31.7.